The van der Waals surface area contributed by atoms with Crippen molar-refractivity contribution in [2.45, 2.75) is 11.8 Å². The fourth-order valence-electron chi connectivity index (χ4n) is 2.93. The summed E-state index contributed by atoms with van der Waals surface area (Å²) in [4.78, 5) is 32.3. The summed E-state index contributed by atoms with van der Waals surface area (Å²) < 4.78 is 43.0. The molecular weight excluding hydrogens is 421 g/mol. The quantitative estimate of drug-likeness (QED) is 0.654. The molecule has 4 rings (SSSR count). The zero-order valence-electron chi connectivity index (χ0n) is 13.3. The van der Waals surface area contributed by atoms with E-state index < -0.39 is 29.6 Å². The summed E-state index contributed by atoms with van der Waals surface area (Å²) in [5.41, 5.74) is -2.98. The number of aromatic nitrogens is 3. The van der Waals surface area contributed by atoms with Crippen molar-refractivity contribution in [2.75, 3.05) is 5.32 Å². The molecule has 2 aromatic heterocycles. The number of amides is 2. The van der Waals surface area contributed by atoms with Crippen LogP contribution in [-0.2, 0) is 10.5 Å². The zero-order valence-corrected chi connectivity index (χ0v) is 14.9. The predicted octanol–water partition coefficient (Wildman–Crippen LogP) is 2.62. The molecule has 3 aromatic rings. The summed E-state index contributed by atoms with van der Waals surface area (Å²) in [5.74, 6) is -3.21. The number of nitrogens with zero attached hydrogens (tertiary/aromatic N) is 4. The first-order chi connectivity index (χ1) is 13.2. The van der Waals surface area contributed by atoms with Crippen LogP contribution >= 0.6 is 22.9 Å². The molecule has 1 aromatic carbocycles. The summed E-state index contributed by atoms with van der Waals surface area (Å²) in [7, 11) is 0. The fraction of sp³-hybridized carbons (Fsp3) is 0.133. The fourth-order valence-corrected chi connectivity index (χ4v) is 3.66. The number of fused-ring (bicyclic) bond motifs is 3. The number of nitrogens with one attached hydrogen (secondary N) is 2. The van der Waals surface area contributed by atoms with Crippen LogP contribution in [0, 0.1) is 11.3 Å². The number of hydrogen-bond acceptors (Lipinski definition) is 6. The highest BCUT2D eigenvalue weighted by Gasteiger charge is 2.68. The van der Waals surface area contributed by atoms with Crippen LogP contribution < -0.4 is 10.6 Å². The van der Waals surface area contributed by atoms with Crippen molar-refractivity contribution in [1.82, 2.24) is 19.9 Å². The van der Waals surface area contributed by atoms with Crippen molar-refractivity contribution in [2.24, 2.45) is 0 Å². The summed E-state index contributed by atoms with van der Waals surface area (Å²) in [6.07, 6.45) is -5.24. The number of hydrogen-bond donors (Lipinski definition) is 2. The van der Waals surface area contributed by atoms with E-state index in [4.69, 9.17) is 11.6 Å². The Morgan fingerprint density at radius 2 is 2.18 bits per heavy atom. The average molecular weight is 427 g/mol. The van der Waals surface area contributed by atoms with E-state index in [0.29, 0.717) is 4.57 Å². The molecule has 0 fully saturated rings. The first kappa shape index (κ1) is 18.2. The molecule has 0 spiro atoms. The number of benzene rings is 1. The van der Waals surface area contributed by atoms with Crippen molar-refractivity contribution < 1.29 is 22.8 Å². The molecular formula is C15H6ClF3N6O2S. The Kier molecular flexibility index (Phi) is 3.84. The highest BCUT2D eigenvalue weighted by atomic mass is 35.5. The van der Waals surface area contributed by atoms with E-state index in [1.54, 1.807) is 11.4 Å². The Hall–Kier alpha value is -3.17. The van der Waals surface area contributed by atoms with Gasteiger partial charge < -0.3 is 5.32 Å². The van der Waals surface area contributed by atoms with Gasteiger partial charge in [-0.05, 0) is 12.1 Å². The number of rotatable bonds is 2. The van der Waals surface area contributed by atoms with Crippen molar-refractivity contribution in [3.8, 4) is 6.07 Å². The maximum Gasteiger partial charge on any atom is 0.440 e. The molecule has 13 heteroatoms. The van der Waals surface area contributed by atoms with Crippen LogP contribution in [0.5, 0.6) is 0 Å². The molecule has 1 unspecified atom stereocenters. The lowest BCUT2D eigenvalue weighted by Gasteiger charge is -2.31. The summed E-state index contributed by atoms with van der Waals surface area (Å²) >= 11 is 6.92. The van der Waals surface area contributed by atoms with Gasteiger partial charge >= 0.3 is 6.18 Å². The van der Waals surface area contributed by atoms with E-state index in [9.17, 15) is 28.0 Å². The third kappa shape index (κ3) is 2.30. The minimum absolute atomic E-state index is 0.0118. The first-order valence-electron chi connectivity index (χ1n) is 7.41. The van der Waals surface area contributed by atoms with Crippen LogP contribution in [-0.4, -0.2) is 32.5 Å². The lowest BCUT2D eigenvalue weighted by Crippen LogP contribution is -2.63. The molecule has 0 saturated carbocycles. The number of thiazole rings is 1. The molecule has 0 radical (unpaired) electrons. The van der Waals surface area contributed by atoms with Crippen LogP contribution in [0.15, 0.2) is 23.0 Å². The summed E-state index contributed by atoms with van der Waals surface area (Å²) in [5, 5.41) is 14.2. The van der Waals surface area contributed by atoms with Crippen LogP contribution in [0.2, 0.25) is 5.02 Å². The Morgan fingerprint density at radius 3 is 2.79 bits per heavy atom. The van der Waals surface area contributed by atoms with Gasteiger partial charge in [0, 0.05) is 5.38 Å². The zero-order chi connectivity index (χ0) is 20.3. The molecule has 142 valence electrons. The van der Waals surface area contributed by atoms with E-state index in [1.165, 1.54) is 23.0 Å². The SMILES string of the molecule is N#Cc1c(Cl)ccc2c1nc1n2C(NC(=O)c2cscn2)(C(F)(F)F)C(=O)N1. The van der Waals surface area contributed by atoms with Crippen LogP contribution in [0.25, 0.3) is 11.0 Å². The van der Waals surface area contributed by atoms with E-state index in [0.717, 1.165) is 11.3 Å². The second kappa shape index (κ2) is 5.91. The molecule has 0 aliphatic carbocycles. The van der Waals surface area contributed by atoms with Crippen LogP contribution in [0.4, 0.5) is 19.1 Å². The number of halogens is 4. The molecule has 2 amide bonds. The number of alkyl halides is 3. The Morgan fingerprint density at radius 1 is 1.43 bits per heavy atom. The number of carbonyl (C=O) groups excluding carboxylic acids is 2. The van der Waals surface area contributed by atoms with Crippen molar-refractivity contribution in [3.05, 3.63) is 39.3 Å². The minimum Gasteiger partial charge on any atom is -0.312 e. The lowest BCUT2D eigenvalue weighted by molar-refractivity contribution is -0.213. The van der Waals surface area contributed by atoms with E-state index in [2.05, 4.69) is 9.97 Å². The highest BCUT2D eigenvalue weighted by Crippen LogP contribution is 2.44. The first-order valence-corrected chi connectivity index (χ1v) is 8.73. The van der Waals surface area contributed by atoms with Crippen LogP contribution in [0.3, 0.4) is 0 Å². The van der Waals surface area contributed by atoms with Gasteiger partial charge in [-0.2, -0.15) is 18.4 Å². The smallest absolute Gasteiger partial charge is 0.312 e. The molecule has 8 nitrogen and oxygen atoms in total. The maximum absolute atomic E-state index is 14.2. The standard InChI is InChI=1S/C15H6ClF3N6O2S/c16-7-1-2-9-10(6(7)3-20)22-13-23-12(27)14(25(9)13,15(17,18)19)24-11(26)8-4-28-5-21-8/h1-2,4-5H,(H,24,26)(H,22,23,27). The van der Waals surface area contributed by atoms with Crippen molar-refractivity contribution in [3.63, 3.8) is 0 Å². The molecule has 0 bridgehead atoms. The third-order valence-corrected chi connectivity index (χ3v) is 5.05. The van der Waals surface area contributed by atoms with Crippen molar-refractivity contribution in [1.29, 1.82) is 5.26 Å². The van der Waals surface area contributed by atoms with E-state index >= 15 is 0 Å². The average Bonchev–Trinajstić information content (AvgIpc) is 3.31. The second-order valence-corrected chi connectivity index (χ2v) is 6.79. The number of nitriles is 1. The van der Waals surface area contributed by atoms with Gasteiger partial charge in [-0.1, -0.05) is 11.6 Å². The van der Waals surface area contributed by atoms with Gasteiger partial charge in [-0.15, -0.1) is 11.3 Å². The molecule has 1 aliphatic rings. The molecule has 0 saturated heterocycles. The number of imidazole rings is 1. The Bertz CT molecular complexity index is 1180. The van der Waals surface area contributed by atoms with Gasteiger partial charge in [-0.25, -0.2) is 9.97 Å². The second-order valence-electron chi connectivity index (χ2n) is 5.66. The van der Waals surface area contributed by atoms with Gasteiger partial charge in [-0.3, -0.25) is 19.5 Å². The van der Waals surface area contributed by atoms with Gasteiger partial charge in [0.15, 0.2) is 0 Å². The van der Waals surface area contributed by atoms with Gasteiger partial charge in [0.2, 0.25) is 5.95 Å². The molecule has 1 atom stereocenters. The predicted molar refractivity (Wildman–Crippen MR) is 91.7 cm³/mol. The van der Waals surface area contributed by atoms with Gasteiger partial charge in [0.05, 0.1) is 21.6 Å². The third-order valence-electron chi connectivity index (χ3n) is 4.15. The van der Waals surface area contributed by atoms with Crippen LogP contribution in [0.1, 0.15) is 16.1 Å². The minimum atomic E-state index is -5.24. The normalized spacial score (nSPS) is 18.6. The van der Waals surface area contributed by atoms with E-state index in [-0.39, 0.29) is 27.3 Å². The summed E-state index contributed by atoms with van der Waals surface area (Å²) in [6.45, 7) is 0. The largest absolute Gasteiger partial charge is 0.440 e. The topological polar surface area (TPSA) is 113 Å². The summed E-state index contributed by atoms with van der Waals surface area (Å²) in [6, 6.07) is 4.17. The maximum atomic E-state index is 14.2. The highest BCUT2D eigenvalue weighted by molar-refractivity contribution is 7.07. The van der Waals surface area contributed by atoms with Gasteiger partial charge in [0.1, 0.15) is 17.3 Å². The Balaban J connectivity index is 1.99. The van der Waals surface area contributed by atoms with E-state index in [1.807, 2.05) is 5.32 Å². The van der Waals surface area contributed by atoms with Crippen molar-refractivity contribution >= 4 is 51.7 Å². The molecule has 1 aliphatic heterocycles. The molecule has 2 N–H and O–H groups in total. The number of anilines is 1. The Labute approximate surface area is 162 Å². The lowest BCUT2D eigenvalue weighted by atomic mass is 10.1. The van der Waals surface area contributed by atoms with Gasteiger partial charge in [0.25, 0.3) is 17.5 Å². The molecule has 28 heavy (non-hydrogen) atoms. The monoisotopic (exact) mass is 426 g/mol. The molecule has 3 heterocycles. The number of carbonyl (C=O) groups is 2.